The van der Waals surface area contributed by atoms with E-state index in [9.17, 15) is 0 Å². The first kappa shape index (κ1) is 15.3. The van der Waals surface area contributed by atoms with Gasteiger partial charge in [-0.3, -0.25) is 0 Å². The average Bonchev–Trinajstić information content (AvgIpc) is 2.83. The molecule has 2 aliphatic rings. The maximum atomic E-state index is 5.84. The quantitative estimate of drug-likeness (QED) is 0.689. The van der Waals surface area contributed by atoms with Crippen molar-refractivity contribution in [1.82, 2.24) is 9.80 Å². The number of nitrogens with zero attached hydrogens (tertiary/aromatic N) is 2. The van der Waals surface area contributed by atoms with Crippen LogP contribution in [-0.2, 0) is 4.74 Å². The highest BCUT2D eigenvalue weighted by Crippen LogP contribution is 2.10. The fourth-order valence-electron chi connectivity index (χ4n) is 3.21. The van der Waals surface area contributed by atoms with E-state index in [1.54, 1.807) is 0 Å². The van der Waals surface area contributed by atoms with E-state index in [-0.39, 0.29) is 0 Å². The van der Waals surface area contributed by atoms with Crippen LogP contribution in [0.3, 0.4) is 0 Å². The first-order valence-electron chi connectivity index (χ1n) is 8.47. The molecule has 2 heterocycles. The molecule has 2 saturated heterocycles. The number of likely N-dealkylation sites (tertiary alicyclic amines) is 2. The van der Waals surface area contributed by atoms with Crippen molar-refractivity contribution in [2.75, 3.05) is 52.5 Å². The van der Waals surface area contributed by atoms with Crippen molar-refractivity contribution in [2.45, 2.75) is 51.4 Å². The third kappa shape index (κ3) is 6.73. The summed E-state index contributed by atoms with van der Waals surface area (Å²) in [7, 11) is 0. The fourth-order valence-corrected chi connectivity index (χ4v) is 3.21. The molecular weight excluding hydrogens is 236 g/mol. The molecule has 3 heteroatoms. The highest BCUT2D eigenvalue weighted by molar-refractivity contribution is 4.64. The minimum atomic E-state index is 0.924. The van der Waals surface area contributed by atoms with Crippen LogP contribution >= 0.6 is 0 Å². The van der Waals surface area contributed by atoms with Gasteiger partial charge in [-0.1, -0.05) is 25.7 Å². The second-order valence-corrected chi connectivity index (χ2v) is 6.12. The summed E-state index contributed by atoms with van der Waals surface area (Å²) in [5.41, 5.74) is 0. The van der Waals surface area contributed by atoms with E-state index in [0.717, 1.165) is 26.3 Å². The van der Waals surface area contributed by atoms with E-state index in [4.69, 9.17) is 4.74 Å². The number of ether oxygens (including phenoxy) is 1. The highest BCUT2D eigenvalue weighted by atomic mass is 16.5. The van der Waals surface area contributed by atoms with Crippen molar-refractivity contribution >= 4 is 0 Å². The van der Waals surface area contributed by atoms with E-state index >= 15 is 0 Å². The maximum absolute atomic E-state index is 5.84. The molecule has 2 rings (SSSR count). The molecule has 0 radical (unpaired) electrons. The number of hydrogen-bond donors (Lipinski definition) is 0. The molecule has 3 nitrogen and oxygen atoms in total. The lowest BCUT2D eigenvalue weighted by molar-refractivity contribution is 0.0844. The topological polar surface area (TPSA) is 15.7 Å². The van der Waals surface area contributed by atoms with Gasteiger partial charge >= 0.3 is 0 Å². The molecule has 0 N–H and O–H groups in total. The van der Waals surface area contributed by atoms with Crippen LogP contribution in [-0.4, -0.2) is 62.3 Å². The van der Waals surface area contributed by atoms with Gasteiger partial charge in [0.2, 0.25) is 0 Å². The lowest BCUT2D eigenvalue weighted by Gasteiger charge is -2.21. The lowest BCUT2D eigenvalue weighted by Crippen LogP contribution is -2.31. The fraction of sp³-hybridized carbons (Fsp3) is 1.00. The number of rotatable bonds is 6. The molecule has 2 aliphatic heterocycles. The van der Waals surface area contributed by atoms with Crippen LogP contribution in [0.2, 0.25) is 0 Å². The predicted octanol–water partition coefficient (Wildman–Crippen LogP) is 2.76. The van der Waals surface area contributed by atoms with E-state index in [2.05, 4.69) is 9.80 Å². The van der Waals surface area contributed by atoms with Crippen LogP contribution in [0.1, 0.15) is 51.4 Å². The Morgan fingerprint density at radius 2 is 0.895 bits per heavy atom. The Balaban J connectivity index is 1.46. The Morgan fingerprint density at radius 1 is 0.526 bits per heavy atom. The smallest absolute Gasteiger partial charge is 0.0594 e. The molecule has 0 spiro atoms. The molecule has 2 fully saturated rings. The molecule has 19 heavy (non-hydrogen) atoms. The molecule has 0 amide bonds. The Bertz CT molecular complexity index is 185. The first-order valence-corrected chi connectivity index (χ1v) is 8.47. The van der Waals surface area contributed by atoms with Crippen LogP contribution in [0.25, 0.3) is 0 Å². The summed E-state index contributed by atoms with van der Waals surface area (Å²) in [6.45, 7) is 9.28. The van der Waals surface area contributed by atoms with Crippen molar-refractivity contribution in [3.05, 3.63) is 0 Å². The largest absolute Gasteiger partial charge is 0.379 e. The van der Waals surface area contributed by atoms with E-state index in [1.807, 2.05) is 0 Å². The van der Waals surface area contributed by atoms with Crippen molar-refractivity contribution < 1.29 is 4.74 Å². The number of hydrogen-bond acceptors (Lipinski definition) is 3. The summed E-state index contributed by atoms with van der Waals surface area (Å²) in [6, 6.07) is 0. The third-order valence-electron chi connectivity index (χ3n) is 4.50. The summed E-state index contributed by atoms with van der Waals surface area (Å²) in [5.74, 6) is 0. The monoisotopic (exact) mass is 268 g/mol. The molecule has 0 atom stereocenters. The molecule has 0 bridgehead atoms. The van der Waals surface area contributed by atoms with Crippen LogP contribution in [0.5, 0.6) is 0 Å². The Morgan fingerprint density at radius 3 is 1.26 bits per heavy atom. The van der Waals surface area contributed by atoms with E-state index < -0.39 is 0 Å². The van der Waals surface area contributed by atoms with Crippen molar-refractivity contribution in [3.63, 3.8) is 0 Å². The molecule has 0 saturated carbocycles. The van der Waals surface area contributed by atoms with Gasteiger partial charge < -0.3 is 14.5 Å². The highest BCUT2D eigenvalue weighted by Gasteiger charge is 2.10. The van der Waals surface area contributed by atoms with Crippen LogP contribution in [0, 0.1) is 0 Å². The zero-order chi connectivity index (χ0) is 13.2. The average molecular weight is 268 g/mol. The maximum Gasteiger partial charge on any atom is 0.0594 e. The SMILES string of the molecule is C1CCCN(CCOCCN2CCCCCC2)CC1. The predicted molar refractivity (Wildman–Crippen MR) is 80.6 cm³/mol. The van der Waals surface area contributed by atoms with Gasteiger partial charge in [-0.2, -0.15) is 0 Å². The normalized spacial score (nSPS) is 24.0. The summed E-state index contributed by atoms with van der Waals surface area (Å²) in [5, 5.41) is 0. The third-order valence-corrected chi connectivity index (χ3v) is 4.50. The van der Waals surface area contributed by atoms with Crippen molar-refractivity contribution in [3.8, 4) is 0 Å². The summed E-state index contributed by atoms with van der Waals surface area (Å²) in [4.78, 5) is 5.16. The van der Waals surface area contributed by atoms with Gasteiger partial charge in [0.15, 0.2) is 0 Å². The Labute approximate surface area is 119 Å². The minimum Gasteiger partial charge on any atom is -0.379 e. The Hall–Kier alpha value is -0.120. The van der Waals surface area contributed by atoms with Gasteiger partial charge in [-0.25, -0.2) is 0 Å². The van der Waals surface area contributed by atoms with Crippen LogP contribution in [0.4, 0.5) is 0 Å². The van der Waals surface area contributed by atoms with Gasteiger partial charge in [0.1, 0.15) is 0 Å². The van der Waals surface area contributed by atoms with Gasteiger partial charge in [-0.15, -0.1) is 0 Å². The Kier molecular flexibility index (Phi) is 7.82. The summed E-state index contributed by atoms with van der Waals surface area (Å²) < 4.78 is 5.84. The first-order chi connectivity index (χ1) is 9.45. The molecule has 0 unspecified atom stereocenters. The molecular formula is C16H32N2O. The van der Waals surface area contributed by atoms with Crippen molar-refractivity contribution in [2.24, 2.45) is 0 Å². The molecule has 112 valence electrons. The zero-order valence-electron chi connectivity index (χ0n) is 12.6. The van der Waals surface area contributed by atoms with Gasteiger partial charge in [0.05, 0.1) is 13.2 Å². The molecule has 0 aliphatic carbocycles. The standard InChI is InChI=1S/C16H32N2O/c1-2-6-10-17(9-5-1)13-15-19-16-14-18-11-7-3-4-8-12-18/h1-16H2. The molecule has 0 aromatic carbocycles. The summed E-state index contributed by atoms with van der Waals surface area (Å²) in [6.07, 6.45) is 11.2. The second kappa shape index (κ2) is 9.73. The van der Waals surface area contributed by atoms with Crippen molar-refractivity contribution in [1.29, 1.82) is 0 Å². The lowest BCUT2D eigenvalue weighted by atomic mass is 10.2. The molecule has 0 aromatic heterocycles. The van der Waals surface area contributed by atoms with E-state index in [1.165, 1.54) is 77.5 Å². The van der Waals surface area contributed by atoms with Crippen LogP contribution < -0.4 is 0 Å². The van der Waals surface area contributed by atoms with E-state index in [0.29, 0.717) is 0 Å². The molecule has 0 aromatic rings. The second-order valence-electron chi connectivity index (χ2n) is 6.12. The van der Waals surface area contributed by atoms with Gasteiger partial charge in [0, 0.05) is 13.1 Å². The van der Waals surface area contributed by atoms with Gasteiger partial charge in [0.25, 0.3) is 0 Å². The minimum absolute atomic E-state index is 0.924. The van der Waals surface area contributed by atoms with Crippen LogP contribution in [0.15, 0.2) is 0 Å². The van der Waals surface area contributed by atoms with Gasteiger partial charge in [-0.05, 0) is 51.9 Å². The summed E-state index contributed by atoms with van der Waals surface area (Å²) >= 11 is 0. The zero-order valence-corrected chi connectivity index (χ0v) is 12.6.